The van der Waals surface area contributed by atoms with Crippen LogP contribution >= 0.6 is 0 Å². The average Bonchev–Trinajstić information content (AvgIpc) is 2.15. The van der Waals surface area contributed by atoms with Gasteiger partial charge in [0, 0.05) is 32.3 Å². The first-order valence-electron chi connectivity index (χ1n) is 5.64. The van der Waals surface area contributed by atoms with Gasteiger partial charge in [-0.2, -0.15) is 0 Å². The summed E-state index contributed by atoms with van der Waals surface area (Å²) in [5, 5.41) is 0. The molecule has 0 aromatic heterocycles. The molecule has 0 radical (unpaired) electrons. The van der Waals surface area contributed by atoms with E-state index in [1.807, 2.05) is 0 Å². The molecule has 0 bridgehead atoms. The molecular formula is C11H26N2O. The SMILES string of the molecule is CCC(CC)N(CCOC)CC(C)N. The van der Waals surface area contributed by atoms with E-state index in [0.29, 0.717) is 6.04 Å². The van der Waals surface area contributed by atoms with Crippen molar-refractivity contribution >= 4 is 0 Å². The fourth-order valence-electron chi connectivity index (χ4n) is 1.81. The van der Waals surface area contributed by atoms with Crippen LogP contribution in [0, 0.1) is 0 Å². The van der Waals surface area contributed by atoms with Crippen molar-refractivity contribution in [1.29, 1.82) is 0 Å². The fraction of sp³-hybridized carbons (Fsp3) is 1.00. The highest BCUT2D eigenvalue weighted by Crippen LogP contribution is 2.08. The second kappa shape index (κ2) is 8.21. The Bertz CT molecular complexity index is 124. The van der Waals surface area contributed by atoms with Crippen molar-refractivity contribution in [3.05, 3.63) is 0 Å². The van der Waals surface area contributed by atoms with Crippen LogP contribution in [-0.2, 0) is 4.74 Å². The molecule has 0 aromatic carbocycles. The number of hydrogen-bond donors (Lipinski definition) is 1. The maximum absolute atomic E-state index is 5.83. The topological polar surface area (TPSA) is 38.5 Å². The van der Waals surface area contributed by atoms with E-state index in [1.54, 1.807) is 7.11 Å². The molecule has 0 aliphatic heterocycles. The largest absolute Gasteiger partial charge is 0.383 e. The van der Waals surface area contributed by atoms with Gasteiger partial charge in [0.05, 0.1) is 6.61 Å². The Labute approximate surface area is 88.6 Å². The van der Waals surface area contributed by atoms with Crippen LogP contribution in [0.25, 0.3) is 0 Å². The van der Waals surface area contributed by atoms with Gasteiger partial charge in [0.15, 0.2) is 0 Å². The van der Waals surface area contributed by atoms with Crippen LogP contribution in [0.2, 0.25) is 0 Å². The van der Waals surface area contributed by atoms with Crippen LogP contribution < -0.4 is 5.73 Å². The van der Waals surface area contributed by atoms with Gasteiger partial charge in [-0.15, -0.1) is 0 Å². The molecule has 14 heavy (non-hydrogen) atoms. The Balaban J connectivity index is 4.06. The quantitative estimate of drug-likeness (QED) is 0.648. The van der Waals surface area contributed by atoms with Crippen molar-refractivity contribution in [2.45, 2.75) is 45.7 Å². The average molecular weight is 202 g/mol. The third-order valence-corrected chi connectivity index (χ3v) is 2.56. The molecule has 0 saturated heterocycles. The Kier molecular flexibility index (Phi) is 8.14. The highest BCUT2D eigenvalue weighted by Gasteiger charge is 2.15. The van der Waals surface area contributed by atoms with E-state index in [9.17, 15) is 0 Å². The molecule has 2 N–H and O–H groups in total. The maximum Gasteiger partial charge on any atom is 0.0589 e. The lowest BCUT2D eigenvalue weighted by atomic mass is 10.1. The minimum atomic E-state index is 0.243. The second-order valence-corrected chi connectivity index (χ2v) is 3.94. The molecule has 0 fully saturated rings. The smallest absolute Gasteiger partial charge is 0.0589 e. The van der Waals surface area contributed by atoms with Crippen LogP contribution in [0.5, 0.6) is 0 Å². The van der Waals surface area contributed by atoms with Crippen molar-refractivity contribution in [3.8, 4) is 0 Å². The van der Waals surface area contributed by atoms with Gasteiger partial charge in [0.1, 0.15) is 0 Å². The number of methoxy groups -OCH3 is 1. The zero-order valence-electron chi connectivity index (χ0n) is 10.1. The summed E-state index contributed by atoms with van der Waals surface area (Å²) < 4.78 is 5.11. The molecule has 0 saturated carbocycles. The minimum Gasteiger partial charge on any atom is -0.383 e. The van der Waals surface area contributed by atoms with E-state index in [2.05, 4.69) is 25.7 Å². The number of rotatable bonds is 8. The first-order chi connectivity index (χ1) is 6.65. The minimum absolute atomic E-state index is 0.243. The molecule has 3 heteroatoms. The predicted octanol–water partition coefficient (Wildman–Crippen LogP) is 1.47. The van der Waals surface area contributed by atoms with Crippen molar-refractivity contribution < 1.29 is 4.74 Å². The summed E-state index contributed by atoms with van der Waals surface area (Å²) in [5.74, 6) is 0. The van der Waals surface area contributed by atoms with E-state index in [-0.39, 0.29) is 6.04 Å². The molecular weight excluding hydrogens is 176 g/mol. The number of ether oxygens (including phenoxy) is 1. The highest BCUT2D eigenvalue weighted by atomic mass is 16.5. The Morgan fingerprint density at radius 3 is 2.21 bits per heavy atom. The zero-order valence-corrected chi connectivity index (χ0v) is 10.1. The molecule has 86 valence electrons. The molecule has 0 aliphatic carbocycles. The van der Waals surface area contributed by atoms with Gasteiger partial charge < -0.3 is 10.5 Å². The first kappa shape index (κ1) is 13.9. The van der Waals surface area contributed by atoms with E-state index < -0.39 is 0 Å². The monoisotopic (exact) mass is 202 g/mol. The maximum atomic E-state index is 5.83. The lowest BCUT2D eigenvalue weighted by Crippen LogP contribution is -2.43. The van der Waals surface area contributed by atoms with E-state index in [1.165, 1.54) is 12.8 Å². The van der Waals surface area contributed by atoms with Crippen LogP contribution in [0.3, 0.4) is 0 Å². The summed E-state index contributed by atoms with van der Waals surface area (Å²) in [7, 11) is 1.75. The Morgan fingerprint density at radius 1 is 1.29 bits per heavy atom. The van der Waals surface area contributed by atoms with Crippen LogP contribution in [0.1, 0.15) is 33.6 Å². The van der Waals surface area contributed by atoms with Crippen molar-refractivity contribution in [2.75, 3.05) is 26.8 Å². The number of nitrogens with zero attached hydrogens (tertiary/aromatic N) is 1. The molecule has 0 aromatic rings. The molecule has 0 rings (SSSR count). The van der Waals surface area contributed by atoms with E-state index in [0.717, 1.165) is 19.7 Å². The predicted molar refractivity (Wildman–Crippen MR) is 61.5 cm³/mol. The lowest BCUT2D eigenvalue weighted by Gasteiger charge is -2.31. The van der Waals surface area contributed by atoms with Gasteiger partial charge in [-0.25, -0.2) is 0 Å². The number of hydrogen-bond acceptors (Lipinski definition) is 3. The summed E-state index contributed by atoms with van der Waals surface area (Å²) >= 11 is 0. The van der Waals surface area contributed by atoms with Gasteiger partial charge in [0.2, 0.25) is 0 Å². The van der Waals surface area contributed by atoms with Crippen LogP contribution in [-0.4, -0.2) is 43.8 Å². The van der Waals surface area contributed by atoms with Crippen molar-refractivity contribution in [1.82, 2.24) is 4.90 Å². The normalized spacial score (nSPS) is 13.9. The molecule has 3 nitrogen and oxygen atoms in total. The molecule has 0 aliphatic rings. The molecule has 1 unspecified atom stereocenters. The summed E-state index contributed by atoms with van der Waals surface area (Å²) in [6.45, 7) is 9.27. The second-order valence-electron chi connectivity index (χ2n) is 3.94. The van der Waals surface area contributed by atoms with E-state index in [4.69, 9.17) is 10.5 Å². The third kappa shape index (κ3) is 5.58. The highest BCUT2D eigenvalue weighted by molar-refractivity contribution is 4.72. The fourth-order valence-corrected chi connectivity index (χ4v) is 1.81. The van der Waals surface area contributed by atoms with E-state index >= 15 is 0 Å². The molecule has 0 heterocycles. The van der Waals surface area contributed by atoms with Crippen LogP contribution in [0.15, 0.2) is 0 Å². The van der Waals surface area contributed by atoms with Gasteiger partial charge >= 0.3 is 0 Å². The van der Waals surface area contributed by atoms with Gasteiger partial charge in [-0.3, -0.25) is 4.90 Å². The zero-order chi connectivity index (χ0) is 11.0. The molecule has 1 atom stereocenters. The summed E-state index contributed by atoms with van der Waals surface area (Å²) in [6.07, 6.45) is 2.37. The standard InChI is InChI=1S/C11H26N2O/c1-5-11(6-2)13(7-8-14-4)9-10(3)12/h10-11H,5-9,12H2,1-4H3. The lowest BCUT2D eigenvalue weighted by molar-refractivity contribution is 0.111. The third-order valence-electron chi connectivity index (χ3n) is 2.56. The van der Waals surface area contributed by atoms with Crippen molar-refractivity contribution in [2.24, 2.45) is 5.73 Å². The van der Waals surface area contributed by atoms with Crippen molar-refractivity contribution in [3.63, 3.8) is 0 Å². The molecule has 0 spiro atoms. The summed E-state index contributed by atoms with van der Waals surface area (Å²) in [5.41, 5.74) is 5.83. The Hall–Kier alpha value is -0.120. The summed E-state index contributed by atoms with van der Waals surface area (Å²) in [4.78, 5) is 2.44. The van der Waals surface area contributed by atoms with Gasteiger partial charge in [-0.1, -0.05) is 13.8 Å². The van der Waals surface area contributed by atoms with Crippen LogP contribution in [0.4, 0.5) is 0 Å². The molecule has 0 amide bonds. The Morgan fingerprint density at radius 2 is 1.86 bits per heavy atom. The van der Waals surface area contributed by atoms with Gasteiger partial charge in [-0.05, 0) is 19.8 Å². The first-order valence-corrected chi connectivity index (χ1v) is 5.64. The van der Waals surface area contributed by atoms with Gasteiger partial charge in [0.25, 0.3) is 0 Å². The summed E-state index contributed by atoms with van der Waals surface area (Å²) in [6, 6.07) is 0.892. The number of nitrogens with two attached hydrogens (primary N) is 1.